The molecule has 1 aromatic rings. The number of thiophene rings is 1. The molecule has 0 amide bonds. The largest absolute Gasteiger partial charge is 0.315 e. The predicted octanol–water partition coefficient (Wildman–Crippen LogP) is 3.21. The van der Waals surface area contributed by atoms with Gasteiger partial charge in [0.1, 0.15) is 0 Å². The zero-order valence-electron chi connectivity index (χ0n) is 11.6. The second-order valence-electron chi connectivity index (χ2n) is 5.93. The van der Waals surface area contributed by atoms with Crippen LogP contribution in [0.5, 0.6) is 0 Å². The van der Waals surface area contributed by atoms with E-state index in [9.17, 15) is 0 Å². The summed E-state index contributed by atoms with van der Waals surface area (Å²) in [5, 5.41) is 7.88. The minimum Gasteiger partial charge on any atom is -0.315 e. The number of hydrogen-bond donors (Lipinski definition) is 1. The maximum absolute atomic E-state index is 3.51. The predicted molar refractivity (Wildman–Crippen MR) is 77.6 cm³/mol. The van der Waals surface area contributed by atoms with E-state index in [1.165, 1.54) is 12.0 Å². The average molecular weight is 254 g/mol. The first-order valence-corrected chi connectivity index (χ1v) is 7.32. The van der Waals surface area contributed by atoms with E-state index in [4.69, 9.17) is 0 Å². The van der Waals surface area contributed by atoms with Crippen molar-refractivity contribution in [1.82, 2.24) is 10.2 Å². The summed E-state index contributed by atoms with van der Waals surface area (Å²) in [6, 6.07) is 2.20. The highest BCUT2D eigenvalue weighted by atomic mass is 32.1. The molecule has 17 heavy (non-hydrogen) atoms. The lowest BCUT2D eigenvalue weighted by Gasteiger charge is -2.19. The van der Waals surface area contributed by atoms with Crippen LogP contribution in [0.2, 0.25) is 0 Å². The molecule has 3 heteroatoms. The third-order valence-corrected chi connectivity index (χ3v) is 3.49. The van der Waals surface area contributed by atoms with Crippen molar-refractivity contribution in [3.63, 3.8) is 0 Å². The van der Waals surface area contributed by atoms with Gasteiger partial charge in [-0.2, -0.15) is 11.3 Å². The Morgan fingerprint density at radius 3 is 2.65 bits per heavy atom. The van der Waals surface area contributed by atoms with E-state index >= 15 is 0 Å². The van der Waals surface area contributed by atoms with Gasteiger partial charge in [0.2, 0.25) is 0 Å². The first-order valence-electron chi connectivity index (χ1n) is 6.38. The quantitative estimate of drug-likeness (QED) is 0.752. The van der Waals surface area contributed by atoms with Gasteiger partial charge in [-0.15, -0.1) is 0 Å². The zero-order chi connectivity index (χ0) is 12.7. The fourth-order valence-electron chi connectivity index (χ4n) is 1.63. The summed E-state index contributed by atoms with van der Waals surface area (Å²) < 4.78 is 0. The first kappa shape index (κ1) is 14.7. The Bertz CT molecular complexity index is 288. The van der Waals surface area contributed by atoms with Gasteiger partial charge in [-0.25, -0.2) is 0 Å². The number of rotatable bonds is 7. The summed E-state index contributed by atoms with van der Waals surface area (Å²) in [6.45, 7) is 11.2. The third kappa shape index (κ3) is 7.53. The smallest absolute Gasteiger partial charge is 0.0239 e. The number of nitrogens with one attached hydrogen (secondary N) is 1. The van der Waals surface area contributed by atoms with Crippen LogP contribution in [0.15, 0.2) is 16.8 Å². The fraction of sp³-hybridized carbons (Fsp3) is 0.714. The van der Waals surface area contributed by atoms with E-state index in [2.05, 4.69) is 54.9 Å². The molecule has 98 valence electrons. The second-order valence-corrected chi connectivity index (χ2v) is 6.71. The van der Waals surface area contributed by atoms with Crippen LogP contribution < -0.4 is 5.32 Å². The highest BCUT2D eigenvalue weighted by Crippen LogP contribution is 2.16. The SMILES string of the molecule is CN(CCNCCC(C)(C)C)Cc1ccsc1. The summed E-state index contributed by atoms with van der Waals surface area (Å²) in [6.07, 6.45) is 1.24. The van der Waals surface area contributed by atoms with Crippen LogP contribution >= 0.6 is 11.3 Å². The number of nitrogens with zero attached hydrogens (tertiary/aromatic N) is 1. The molecular formula is C14H26N2S. The fourth-order valence-corrected chi connectivity index (χ4v) is 2.29. The van der Waals surface area contributed by atoms with E-state index < -0.39 is 0 Å². The summed E-state index contributed by atoms with van der Waals surface area (Å²) in [7, 11) is 2.18. The number of likely N-dealkylation sites (N-methyl/N-ethyl adjacent to an activating group) is 1. The Balaban J connectivity index is 2.03. The van der Waals surface area contributed by atoms with Gasteiger partial charge >= 0.3 is 0 Å². The van der Waals surface area contributed by atoms with Crippen LogP contribution in [-0.2, 0) is 6.54 Å². The molecular weight excluding hydrogens is 228 g/mol. The molecule has 0 spiro atoms. The average Bonchev–Trinajstić information content (AvgIpc) is 2.68. The van der Waals surface area contributed by atoms with Gasteiger partial charge in [-0.05, 0) is 47.8 Å². The van der Waals surface area contributed by atoms with Crippen molar-refractivity contribution in [2.45, 2.75) is 33.7 Å². The summed E-state index contributed by atoms with van der Waals surface area (Å²) in [4.78, 5) is 2.37. The van der Waals surface area contributed by atoms with Crippen LogP contribution in [-0.4, -0.2) is 31.6 Å². The van der Waals surface area contributed by atoms with E-state index in [1.807, 2.05) is 0 Å². The van der Waals surface area contributed by atoms with E-state index in [-0.39, 0.29) is 0 Å². The lowest BCUT2D eigenvalue weighted by atomic mass is 9.92. The molecule has 1 N–H and O–H groups in total. The Kier molecular flexibility index (Phi) is 6.17. The maximum atomic E-state index is 3.51. The Morgan fingerprint density at radius 2 is 2.06 bits per heavy atom. The van der Waals surface area contributed by atoms with Crippen LogP contribution in [0.25, 0.3) is 0 Å². The lowest BCUT2D eigenvalue weighted by Crippen LogP contribution is -2.30. The first-order chi connectivity index (χ1) is 7.97. The molecule has 0 aliphatic rings. The van der Waals surface area contributed by atoms with E-state index in [0.29, 0.717) is 5.41 Å². The lowest BCUT2D eigenvalue weighted by molar-refractivity contribution is 0.314. The van der Waals surface area contributed by atoms with Crippen molar-refractivity contribution in [1.29, 1.82) is 0 Å². The Labute approximate surface area is 110 Å². The molecule has 1 aromatic heterocycles. The van der Waals surface area contributed by atoms with Crippen molar-refractivity contribution in [2.24, 2.45) is 5.41 Å². The molecule has 2 nitrogen and oxygen atoms in total. The van der Waals surface area contributed by atoms with Crippen LogP contribution in [0.3, 0.4) is 0 Å². The second kappa shape index (κ2) is 7.14. The van der Waals surface area contributed by atoms with Crippen molar-refractivity contribution in [2.75, 3.05) is 26.7 Å². The standard InChI is InChI=1S/C14H26N2S/c1-14(2,3)6-7-15-8-9-16(4)11-13-5-10-17-12-13/h5,10,12,15H,6-9,11H2,1-4H3. The molecule has 0 bridgehead atoms. The molecule has 0 aromatic carbocycles. The topological polar surface area (TPSA) is 15.3 Å². The van der Waals surface area contributed by atoms with Crippen molar-refractivity contribution < 1.29 is 0 Å². The molecule has 0 atom stereocenters. The highest BCUT2D eigenvalue weighted by Gasteiger charge is 2.08. The summed E-state index contributed by atoms with van der Waals surface area (Å²) in [5.74, 6) is 0. The number of hydrogen-bond acceptors (Lipinski definition) is 3. The molecule has 1 heterocycles. The van der Waals surface area contributed by atoms with E-state index in [0.717, 1.165) is 26.2 Å². The van der Waals surface area contributed by atoms with Gasteiger partial charge in [0, 0.05) is 19.6 Å². The molecule has 0 radical (unpaired) electrons. The molecule has 0 saturated carbocycles. The van der Waals surface area contributed by atoms with Gasteiger partial charge in [0.25, 0.3) is 0 Å². The zero-order valence-corrected chi connectivity index (χ0v) is 12.4. The monoisotopic (exact) mass is 254 g/mol. The molecule has 1 rings (SSSR count). The minimum absolute atomic E-state index is 0.440. The molecule has 0 fully saturated rings. The van der Waals surface area contributed by atoms with Crippen LogP contribution in [0.4, 0.5) is 0 Å². The van der Waals surface area contributed by atoms with Gasteiger partial charge in [-0.1, -0.05) is 20.8 Å². The van der Waals surface area contributed by atoms with Crippen molar-refractivity contribution in [3.05, 3.63) is 22.4 Å². The van der Waals surface area contributed by atoms with Gasteiger partial charge < -0.3 is 10.2 Å². The molecule has 0 aliphatic heterocycles. The van der Waals surface area contributed by atoms with Crippen LogP contribution in [0.1, 0.15) is 32.8 Å². The van der Waals surface area contributed by atoms with Gasteiger partial charge in [0.05, 0.1) is 0 Å². The highest BCUT2D eigenvalue weighted by molar-refractivity contribution is 7.07. The molecule has 0 aliphatic carbocycles. The Hall–Kier alpha value is -0.380. The van der Waals surface area contributed by atoms with Gasteiger partial charge in [-0.3, -0.25) is 0 Å². The minimum atomic E-state index is 0.440. The molecule has 0 unspecified atom stereocenters. The molecule has 0 saturated heterocycles. The normalized spacial score (nSPS) is 12.3. The van der Waals surface area contributed by atoms with Crippen molar-refractivity contribution in [3.8, 4) is 0 Å². The van der Waals surface area contributed by atoms with Crippen LogP contribution in [0, 0.1) is 5.41 Å². The summed E-state index contributed by atoms with van der Waals surface area (Å²) in [5.41, 5.74) is 1.86. The van der Waals surface area contributed by atoms with E-state index in [1.54, 1.807) is 11.3 Å². The van der Waals surface area contributed by atoms with Crippen molar-refractivity contribution >= 4 is 11.3 Å². The summed E-state index contributed by atoms with van der Waals surface area (Å²) >= 11 is 1.77. The van der Waals surface area contributed by atoms with Gasteiger partial charge in [0.15, 0.2) is 0 Å². The third-order valence-electron chi connectivity index (χ3n) is 2.75. The Morgan fingerprint density at radius 1 is 1.29 bits per heavy atom. The maximum Gasteiger partial charge on any atom is 0.0239 e.